The molecule has 29 valence electrons. The van der Waals surface area contributed by atoms with E-state index in [4.69, 9.17) is 0 Å². The van der Waals surface area contributed by atoms with Crippen LogP contribution in [0.25, 0.3) is 0 Å². The molecule has 0 aliphatic rings. The van der Waals surface area contributed by atoms with Crippen LogP contribution in [0.2, 0.25) is 0 Å². The maximum absolute atomic E-state index is 9.21. The molecule has 1 radical (unpaired) electrons. The lowest BCUT2D eigenvalue weighted by atomic mass is 10.7. The van der Waals surface area contributed by atoms with Crippen molar-refractivity contribution in [2.24, 2.45) is 0 Å². The monoisotopic (exact) mass is 72.0 g/mol. The minimum Gasteiger partial charge on any atom is -0.164 e. The fourth-order valence-electron chi connectivity index (χ4n) is 0.0589. The molecule has 0 fully saturated rings. The van der Waals surface area contributed by atoms with E-state index in [2.05, 4.69) is 6.58 Å². The Bertz CT molecular complexity index is 28.1. The van der Waals surface area contributed by atoms with Crippen molar-refractivity contribution in [3.8, 4) is 0 Å². The standard InChI is InChI=1S/C3H6NO/c1-2-3-4-5/h2,4H,1,3H2. The largest absolute Gasteiger partial charge is 0.164 e. The van der Waals surface area contributed by atoms with Gasteiger partial charge in [-0.05, 0) is 0 Å². The molecule has 0 aromatic heterocycles. The summed E-state index contributed by atoms with van der Waals surface area (Å²) in [6.45, 7) is 3.64. The van der Waals surface area contributed by atoms with Gasteiger partial charge < -0.3 is 0 Å². The van der Waals surface area contributed by atoms with Crippen molar-refractivity contribution in [3.05, 3.63) is 12.7 Å². The Balaban J connectivity index is 2.40. The van der Waals surface area contributed by atoms with E-state index in [9.17, 15) is 5.21 Å². The van der Waals surface area contributed by atoms with Gasteiger partial charge in [0.25, 0.3) is 0 Å². The van der Waals surface area contributed by atoms with Crippen LogP contribution in [0.15, 0.2) is 12.7 Å². The molecule has 0 aliphatic heterocycles. The lowest BCUT2D eigenvalue weighted by molar-refractivity contribution is 0.0859. The summed E-state index contributed by atoms with van der Waals surface area (Å²) >= 11 is 0. The smallest absolute Gasteiger partial charge is 0.0418 e. The second-order valence-electron chi connectivity index (χ2n) is 0.637. The van der Waals surface area contributed by atoms with Gasteiger partial charge in [0.05, 0.1) is 0 Å². The average molecular weight is 72.1 g/mol. The van der Waals surface area contributed by atoms with E-state index in [-0.39, 0.29) is 0 Å². The van der Waals surface area contributed by atoms with Crippen LogP contribution in [0, 0.1) is 0 Å². The van der Waals surface area contributed by atoms with Crippen LogP contribution in [0.1, 0.15) is 0 Å². The Hall–Kier alpha value is -0.340. The van der Waals surface area contributed by atoms with Gasteiger partial charge in [-0.25, -0.2) is 0 Å². The zero-order valence-electron chi connectivity index (χ0n) is 2.90. The fraction of sp³-hybridized carbons (Fsp3) is 0.333. The first-order valence-electron chi connectivity index (χ1n) is 1.37. The van der Waals surface area contributed by atoms with Gasteiger partial charge in [0.1, 0.15) is 0 Å². The molecule has 0 bridgehead atoms. The molecule has 0 heterocycles. The predicted molar refractivity (Wildman–Crippen MR) is 18.9 cm³/mol. The Morgan fingerprint density at radius 2 is 2.60 bits per heavy atom. The van der Waals surface area contributed by atoms with Crippen molar-refractivity contribution in [3.63, 3.8) is 0 Å². The molecule has 0 aliphatic carbocycles. The summed E-state index contributed by atoms with van der Waals surface area (Å²) in [4.78, 5) is 0. The zero-order valence-corrected chi connectivity index (χ0v) is 2.90. The topological polar surface area (TPSA) is 31.9 Å². The molecule has 2 heteroatoms. The molecule has 0 aromatic carbocycles. The number of nitrogens with one attached hydrogen (secondary N) is 1. The van der Waals surface area contributed by atoms with Crippen molar-refractivity contribution in [2.45, 2.75) is 0 Å². The predicted octanol–water partition coefficient (Wildman–Crippen LogP) is 0.107. The highest BCUT2D eigenvalue weighted by Gasteiger charge is 1.61. The molecule has 1 N–H and O–H groups in total. The molecule has 5 heavy (non-hydrogen) atoms. The maximum atomic E-state index is 9.21. The molecule has 0 spiro atoms. The molecular formula is C3H6NO. The summed E-state index contributed by atoms with van der Waals surface area (Å²) in [6.07, 6.45) is 1.51. The highest BCUT2D eigenvalue weighted by molar-refractivity contribution is 4.65. The van der Waals surface area contributed by atoms with Crippen LogP contribution in [0.4, 0.5) is 0 Å². The van der Waals surface area contributed by atoms with Gasteiger partial charge in [0, 0.05) is 6.54 Å². The molecule has 2 nitrogen and oxygen atoms in total. The van der Waals surface area contributed by atoms with Gasteiger partial charge >= 0.3 is 0 Å². The quantitative estimate of drug-likeness (QED) is 0.364. The van der Waals surface area contributed by atoms with E-state index in [1.165, 1.54) is 6.08 Å². The zero-order chi connectivity index (χ0) is 4.12. The van der Waals surface area contributed by atoms with E-state index < -0.39 is 0 Å². The van der Waals surface area contributed by atoms with Crippen molar-refractivity contribution in [2.75, 3.05) is 6.54 Å². The minimum atomic E-state index is 0.347. The van der Waals surface area contributed by atoms with Gasteiger partial charge in [-0.15, -0.1) is 11.8 Å². The summed E-state index contributed by atoms with van der Waals surface area (Å²) in [5, 5.41) is 9.21. The lowest BCUT2D eigenvalue weighted by Gasteiger charge is -1.74. The summed E-state index contributed by atoms with van der Waals surface area (Å²) in [6, 6.07) is 0. The van der Waals surface area contributed by atoms with Crippen LogP contribution in [-0.4, -0.2) is 6.54 Å². The minimum absolute atomic E-state index is 0.347. The summed E-state index contributed by atoms with van der Waals surface area (Å²) < 4.78 is 0. The molecule has 0 amide bonds. The van der Waals surface area contributed by atoms with E-state index in [0.717, 1.165) is 0 Å². The van der Waals surface area contributed by atoms with E-state index in [1.54, 1.807) is 5.48 Å². The summed E-state index contributed by atoms with van der Waals surface area (Å²) in [5.41, 5.74) is 1.65. The van der Waals surface area contributed by atoms with E-state index in [1.807, 2.05) is 0 Å². The third kappa shape index (κ3) is 3.66. The first kappa shape index (κ1) is 4.66. The first-order chi connectivity index (χ1) is 2.41. The normalized spacial score (nSPS) is 7.40. The van der Waals surface area contributed by atoms with Gasteiger partial charge in [-0.3, -0.25) is 0 Å². The fourth-order valence-corrected chi connectivity index (χ4v) is 0.0589. The van der Waals surface area contributed by atoms with Crippen molar-refractivity contribution in [1.82, 2.24) is 5.48 Å². The van der Waals surface area contributed by atoms with Crippen molar-refractivity contribution in [1.29, 1.82) is 0 Å². The molecular weight excluding hydrogens is 66.0 g/mol. The Labute approximate surface area is 31.1 Å². The first-order valence-corrected chi connectivity index (χ1v) is 1.37. The molecule has 0 saturated carbocycles. The molecule has 0 unspecified atom stereocenters. The van der Waals surface area contributed by atoms with Gasteiger partial charge in [0.2, 0.25) is 0 Å². The average Bonchev–Trinajstić information content (AvgIpc) is 1.41. The van der Waals surface area contributed by atoms with Crippen LogP contribution < -0.4 is 5.48 Å². The SMILES string of the molecule is C=CCN[O]. The van der Waals surface area contributed by atoms with Crippen LogP contribution >= 0.6 is 0 Å². The van der Waals surface area contributed by atoms with Gasteiger partial charge in [-0.2, -0.15) is 5.48 Å². The van der Waals surface area contributed by atoms with Crippen molar-refractivity contribution >= 4 is 0 Å². The van der Waals surface area contributed by atoms with Crippen LogP contribution in [0.3, 0.4) is 0 Å². The number of rotatable bonds is 2. The van der Waals surface area contributed by atoms with Crippen molar-refractivity contribution < 1.29 is 5.21 Å². The number of hydroxylamine groups is 1. The Morgan fingerprint density at radius 3 is 2.60 bits per heavy atom. The highest BCUT2D eigenvalue weighted by atomic mass is 16.5. The Kier molecular flexibility index (Phi) is 3.41. The van der Waals surface area contributed by atoms with E-state index >= 15 is 0 Å². The van der Waals surface area contributed by atoms with Crippen LogP contribution in [0.5, 0.6) is 0 Å². The number of hydrogen-bond acceptors (Lipinski definition) is 1. The van der Waals surface area contributed by atoms with Crippen LogP contribution in [-0.2, 0) is 5.21 Å². The Morgan fingerprint density at radius 1 is 2.00 bits per heavy atom. The summed E-state index contributed by atoms with van der Waals surface area (Å²) in [7, 11) is 0. The lowest BCUT2D eigenvalue weighted by Crippen LogP contribution is -2.01. The third-order valence-corrected chi connectivity index (χ3v) is 0.228. The van der Waals surface area contributed by atoms with Gasteiger partial charge in [-0.1, -0.05) is 6.08 Å². The molecule has 0 atom stereocenters. The molecule has 0 saturated heterocycles. The highest BCUT2D eigenvalue weighted by Crippen LogP contribution is 1.49. The van der Waals surface area contributed by atoms with Gasteiger partial charge in [0.15, 0.2) is 0 Å². The second-order valence-corrected chi connectivity index (χ2v) is 0.637. The third-order valence-electron chi connectivity index (χ3n) is 0.228. The maximum Gasteiger partial charge on any atom is 0.0418 e. The molecule has 0 rings (SSSR count). The van der Waals surface area contributed by atoms with E-state index in [0.29, 0.717) is 6.54 Å². The second kappa shape index (κ2) is 3.66. The summed E-state index contributed by atoms with van der Waals surface area (Å²) in [5.74, 6) is 0. The number of hydrogen-bond donors (Lipinski definition) is 1. The molecule has 0 aromatic rings.